The van der Waals surface area contributed by atoms with Crippen LogP contribution in [0.25, 0.3) is 0 Å². The molecular formula is C31H35N3O12. The lowest BCUT2D eigenvalue weighted by atomic mass is 9.72. The van der Waals surface area contributed by atoms with E-state index >= 15 is 0 Å². The summed E-state index contributed by atoms with van der Waals surface area (Å²) in [6, 6.07) is 4.41. The van der Waals surface area contributed by atoms with E-state index in [0.717, 1.165) is 0 Å². The maximum absolute atomic E-state index is 13.8. The molecule has 6 N–H and O–H groups in total. The van der Waals surface area contributed by atoms with Crippen LogP contribution >= 0.6 is 0 Å². The van der Waals surface area contributed by atoms with Gasteiger partial charge in [-0.15, -0.1) is 0 Å². The van der Waals surface area contributed by atoms with Gasteiger partial charge in [-0.05, 0) is 19.4 Å². The summed E-state index contributed by atoms with van der Waals surface area (Å²) < 4.78 is 29.3. The number of aromatic hydroxyl groups is 2. The molecule has 2 aromatic rings. The molecule has 0 spiro atoms. The standard InChI is InChI=1S/C31H35N3O12/c1-14-17(45-20-12-43-9-8-32-20)6-7-21(44-14)46-19-11-31(41,30(40)34-33-13-35)10-16-23(19)29(39)25-24(27(16)37)26(36)15-4-3-5-18(42-2)22(15)28(25)38/h3-5,13-14,17,19-21,32,37,39,41H,6-12H2,1-2H3,(H,33,35)(H,34,40)/t14-,17-,19-,20?,21?,31-/m0/s1. The van der Waals surface area contributed by atoms with E-state index in [4.69, 9.17) is 23.7 Å². The molecule has 2 heterocycles. The molecule has 6 rings (SSSR count). The molecule has 15 heteroatoms. The van der Waals surface area contributed by atoms with Crippen LogP contribution in [-0.2, 0) is 35.0 Å². The molecule has 2 fully saturated rings. The van der Waals surface area contributed by atoms with Gasteiger partial charge in [-0.2, -0.15) is 0 Å². The number of carbonyl (C=O) groups is 4. The van der Waals surface area contributed by atoms with Crippen LogP contribution in [0.2, 0.25) is 0 Å². The lowest BCUT2D eigenvalue weighted by Crippen LogP contribution is -2.55. The van der Waals surface area contributed by atoms with Crippen LogP contribution in [0.4, 0.5) is 0 Å². The fraction of sp³-hybridized carbons (Fsp3) is 0.484. The van der Waals surface area contributed by atoms with Crippen molar-refractivity contribution in [3.8, 4) is 17.2 Å². The summed E-state index contributed by atoms with van der Waals surface area (Å²) in [5.74, 6) is -3.76. The van der Waals surface area contributed by atoms with Crippen molar-refractivity contribution < 1.29 is 58.2 Å². The van der Waals surface area contributed by atoms with E-state index in [2.05, 4.69) is 10.7 Å². The number of phenols is 2. The van der Waals surface area contributed by atoms with Gasteiger partial charge in [-0.1, -0.05) is 12.1 Å². The maximum Gasteiger partial charge on any atom is 0.270 e. The number of phenolic OH excluding ortho intramolecular Hbond substituents is 2. The number of methoxy groups -OCH3 is 1. The third kappa shape index (κ3) is 5.48. The molecule has 2 aromatic carbocycles. The molecule has 2 amide bonds. The quantitative estimate of drug-likeness (QED) is 0.111. The van der Waals surface area contributed by atoms with Crippen LogP contribution < -0.4 is 20.9 Å². The number of aliphatic hydroxyl groups is 1. The van der Waals surface area contributed by atoms with Gasteiger partial charge in [0.2, 0.25) is 12.2 Å². The van der Waals surface area contributed by atoms with E-state index < -0.39 is 77.0 Å². The topological polar surface area (TPSA) is 211 Å². The summed E-state index contributed by atoms with van der Waals surface area (Å²) in [4.78, 5) is 51.4. The minimum atomic E-state index is -2.28. The number of morpholine rings is 1. The number of nitrogens with one attached hydrogen (secondary N) is 3. The van der Waals surface area contributed by atoms with Crippen molar-refractivity contribution in [1.29, 1.82) is 0 Å². The molecule has 15 nitrogen and oxygen atoms in total. The number of benzene rings is 2. The summed E-state index contributed by atoms with van der Waals surface area (Å²) in [6.07, 6.45) is -3.25. The zero-order valence-electron chi connectivity index (χ0n) is 25.2. The van der Waals surface area contributed by atoms with Crippen molar-refractivity contribution in [3.05, 3.63) is 51.6 Å². The highest BCUT2D eigenvalue weighted by Crippen LogP contribution is 2.52. The number of rotatable bonds is 8. The molecule has 2 unspecified atom stereocenters. The van der Waals surface area contributed by atoms with Crippen LogP contribution in [-0.4, -0.2) is 96.4 Å². The predicted molar refractivity (Wildman–Crippen MR) is 155 cm³/mol. The number of fused-ring (bicyclic) bond motifs is 3. The predicted octanol–water partition coefficient (Wildman–Crippen LogP) is 0.250. The molecule has 0 bridgehead atoms. The van der Waals surface area contributed by atoms with Gasteiger partial charge < -0.3 is 39.0 Å². The number of amides is 2. The Labute approximate surface area is 263 Å². The highest BCUT2D eigenvalue weighted by molar-refractivity contribution is 6.31. The van der Waals surface area contributed by atoms with Gasteiger partial charge in [-0.25, -0.2) is 0 Å². The van der Waals surface area contributed by atoms with Crippen molar-refractivity contribution in [2.24, 2.45) is 0 Å². The smallest absolute Gasteiger partial charge is 0.270 e. The molecule has 2 aliphatic heterocycles. The number of hydrogen-bond donors (Lipinski definition) is 6. The average molecular weight is 642 g/mol. The second kappa shape index (κ2) is 12.6. The first-order valence-electron chi connectivity index (χ1n) is 14.9. The van der Waals surface area contributed by atoms with Crippen molar-refractivity contribution >= 4 is 23.9 Å². The van der Waals surface area contributed by atoms with Crippen molar-refractivity contribution in [3.63, 3.8) is 0 Å². The molecule has 0 aromatic heterocycles. The Kier molecular flexibility index (Phi) is 8.71. The van der Waals surface area contributed by atoms with Gasteiger partial charge in [0.25, 0.3) is 5.91 Å². The first-order valence-corrected chi connectivity index (χ1v) is 14.9. The fourth-order valence-electron chi connectivity index (χ4n) is 6.65. The van der Waals surface area contributed by atoms with Gasteiger partial charge in [-0.3, -0.25) is 35.3 Å². The lowest BCUT2D eigenvalue weighted by molar-refractivity contribution is -0.258. The minimum absolute atomic E-state index is 0.0466. The molecule has 2 aliphatic carbocycles. The number of hydrazine groups is 1. The molecule has 0 radical (unpaired) electrons. The van der Waals surface area contributed by atoms with Crippen LogP contribution in [0.1, 0.15) is 75.3 Å². The number of hydrogen-bond acceptors (Lipinski definition) is 13. The summed E-state index contributed by atoms with van der Waals surface area (Å²) >= 11 is 0. The molecule has 4 aliphatic rings. The zero-order valence-corrected chi connectivity index (χ0v) is 25.2. The number of carbonyl (C=O) groups excluding carboxylic acids is 4. The second-order valence-electron chi connectivity index (χ2n) is 11.7. The SMILES string of the molecule is COc1cccc2c1C(=O)c1c(O)c3c(c(O)c1C2=O)C[C@@](O)(C(=O)NNC=O)C[C@@H]3OC1CC[C@H](OC2COCCN2)[C@H](C)O1. The van der Waals surface area contributed by atoms with Crippen LogP contribution in [0.3, 0.4) is 0 Å². The number of ether oxygens (including phenoxy) is 5. The van der Waals surface area contributed by atoms with Gasteiger partial charge in [0.05, 0.1) is 55.3 Å². The summed E-state index contributed by atoms with van der Waals surface area (Å²) in [5, 5.41) is 38.0. The molecule has 46 heavy (non-hydrogen) atoms. The van der Waals surface area contributed by atoms with Crippen LogP contribution in [0, 0.1) is 0 Å². The number of ketones is 2. The van der Waals surface area contributed by atoms with Crippen molar-refractivity contribution in [1.82, 2.24) is 16.2 Å². The minimum Gasteiger partial charge on any atom is -0.507 e. The van der Waals surface area contributed by atoms with Crippen LogP contribution in [0.15, 0.2) is 18.2 Å². The Morgan fingerprint density at radius 3 is 2.59 bits per heavy atom. The Hall–Kier alpha value is -4.12. The lowest BCUT2D eigenvalue weighted by Gasteiger charge is -2.42. The highest BCUT2D eigenvalue weighted by atomic mass is 16.7. The first-order chi connectivity index (χ1) is 22.1. The zero-order chi connectivity index (χ0) is 32.7. The molecular weight excluding hydrogens is 606 g/mol. The largest absolute Gasteiger partial charge is 0.507 e. The van der Waals surface area contributed by atoms with Crippen LogP contribution in [0.5, 0.6) is 17.2 Å². The van der Waals surface area contributed by atoms with Gasteiger partial charge in [0.15, 0.2) is 17.7 Å². The van der Waals surface area contributed by atoms with Gasteiger partial charge in [0.1, 0.15) is 23.5 Å². The Bertz CT molecular complexity index is 1570. The van der Waals surface area contributed by atoms with E-state index in [0.29, 0.717) is 32.6 Å². The van der Waals surface area contributed by atoms with Crippen molar-refractivity contribution in [2.45, 2.75) is 69.0 Å². The van der Waals surface area contributed by atoms with Crippen molar-refractivity contribution in [2.75, 3.05) is 26.9 Å². The Morgan fingerprint density at radius 1 is 1.11 bits per heavy atom. The fourth-order valence-corrected chi connectivity index (χ4v) is 6.65. The van der Waals surface area contributed by atoms with Gasteiger partial charge >= 0.3 is 0 Å². The van der Waals surface area contributed by atoms with E-state index in [1.54, 1.807) is 0 Å². The maximum atomic E-state index is 13.8. The Morgan fingerprint density at radius 2 is 1.89 bits per heavy atom. The molecule has 2 saturated heterocycles. The summed E-state index contributed by atoms with van der Waals surface area (Å²) in [7, 11) is 1.34. The van der Waals surface area contributed by atoms with E-state index in [1.165, 1.54) is 25.3 Å². The molecule has 0 saturated carbocycles. The summed E-state index contributed by atoms with van der Waals surface area (Å²) in [6.45, 7) is 3.45. The Balaban J connectivity index is 1.37. The normalized spacial score (nSPS) is 28.8. The first kappa shape index (κ1) is 31.8. The third-order valence-corrected chi connectivity index (χ3v) is 8.86. The highest BCUT2D eigenvalue weighted by Gasteiger charge is 2.50. The third-order valence-electron chi connectivity index (χ3n) is 8.86. The molecule has 6 atom stereocenters. The monoisotopic (exact) mass is 641 g/mol. The molecule has 246 valence electrons. The summed E-state index contributed by atoms with van der Waals surface area (Å²) in [5.41, 5.74) is 0.502. The van der Waals surface area contributed by atoms with E-state index in [9.17, 15) is 34.5 Å². The average Bonchev–Trinajstić information content (AvgIpc) is 3.05. The van der Waals surface area contributed by atoms with E-state index in [1.807, 2.05) is 12.3 Å². The van der Waals surface area contributed by atoms with E-state index in [-0.39, 0.29) is 46.7 Å². The second-order valence-corrected chi connectivity index (χ2v) is 11.7. The van der Waals surface area contributed by atoms with Gasteiger partial charge in [0, 0.05) is 42.5 Å².